The summed E-state index contributed by atoms with van der Waals surface area (Å²) in [6.45, 7) is 0.318. The van der Waals surface area contributed by atoms with Gasteiger partial charge >= 0.3 is 11.7 Å². The molecule has 0 atom stereocenters. The van der Waals surface area contributed by atoms with Crippen LogP contribution in [0, 0.1) is 0 Å². The number of ether oxygens (including phenoxy) is 1. The molecule has 3 N–H and O–H groups in total. The Kier molecular flexibility index (Phi) is 4.08. The van der Waals surface area contributed by atoms with E-state index < -0.39 is 5.69 Å². The van der Waals surface area contributed by atoms with Crippen molar-refractivity contribution in [2.24, 2.45) is 4.99 Å². The van der Waals surface area contributed by atoms with Crippen molar-refractivity contribution in [1.82, 2.24) is 29.5 Å². The molecule has 5 rings (SSSR count). The molecule has 0 bridgehead atoms. The summed E-state index contributed by atoms with van der Waals surface area (Å²) in [6, 6.07) is 10.1. The molecule has 3 heterocycles. The molecule has 1 aromatic carbocycles. The van der Waals surface area contributed by atoms with E-state index in [-0.39, 0.29) is 23.6 Å². The van der Waals surface area contributed by atoms with Gasteiger partial charge in [0.2, 0.25) is 5.88 Å². The zero-order chi connectivity index (χ0) is 19.8. The number of aromatic amines is 2. The van der Waals surface area contributed by atoms with Gasteiger partial charge in [-0.3, -0.25) is 4.98 Å². The van der Waals surface area contributed by atoms with Gasteiger partial charge in [0.1, 0.15) is 12.3 Å². The maximum Gasteiger partial charge on any atom is 0.326 e. The highest BCUT2D eigenvalue weighted by Crippen LogP contribution is 2.22. The molecule has 0 unspecified atom stereocenters. The molecule has 10 nitrogen and oxygen atoms in total. The molecule has 29 heavy (non-hydrogen) atoms. The second-order valence-electron chi connectivity index (χ2n) is 6.76. The molecular weight excluding hydrogens is 374 g/mol. The number of hydrogen-bond acceptors (Lipinski definition) is 7. The third kappa shape index (κ3) is 3.59. The van der Waals surface area contributed by atoms with Crippen molar-refractivity contribution >= 4 is 11.7 Å². The zero-order valence-corrected chi connectivity index (χ0v) is 15.2. The molecule has 0 radical (unpaired) electrons. The Balaban J connectivity index is 1.61. The van der Waals surface area contributed by atoms with Crippen LogP contribution in [0.25, 0.3) is 11.7 Å². The van der Waals surface area contributed by atoms with E-state index in [0.717, 1.165) is 18.4 Å². The number of rotatable bonds is 5. The second kappa shape index (κ2) is 6.89. The minimum Gasteiger partial charge on any atom is -0.493 e. The molecule has 0 aliphatic heterocycles. The van der Waals surface area contributed by atoms with Crippen LogP contribution in [0.15, 0.2) is 46.3 Å². The van der Waals surface area contributed by atoms with Gasteiger partial charge < -0.3 is 14.8 Å². The first kappa shape index (κ1) is 17.2. The van der Waals surface area contributed by atoms with Crippen LogP contribution >= 0.6 is 0 Å². The lowest BCUT2D eigenvalue weighted by Crippen LogP contribution is -2.23. The SMILES string of the molecule is O=c1[nH]c(O)c(/C=c2\cnn3c(=NC4CC4)nc(OCc4ccccc4)nc23)[nH]1. The average Bonchev–Trinajstić information content (AvgIpc) is 3.36. The molecule has 146 valence electrons. The minimum atomic E-state index is -0.504. The average molecular weight is 391 g/mol. The standard InChI is InChI=1S/C19H17N7O3/c27-16-14(22-18(28)24-16)8-12-9-20-26-15(12)23-19(25-17(26)21-13-6-7-13)29-10-11-4-2-1-3-5-11/h1-5,8-9,13,27H,6-7,10H2,(H2,22,24,28)/b12-8+,21-17?. The molecule has 4 aromatic rings. The minimum absolute atomic E-state index is 0.183. The topological polar surface area (TPSA) is 134 Å². The normalized spacial score (nSPS) is 15.3. The summed E-state index contributed by atoms with van der Waals surface area (Å²) < 4.78 is 7.32. The van der Waals surface area contributed by atoms with Crippen molar-refractivity contribution < 1.29 is 9.84 Å². The van der Waals surface area contributed by atoms with Crippen molar-refractivity contribution in [3.05, 3.63) is 69.1 Å². The van der Waals surface area contributed by atoms with Crippen LogP contribution in [0.3, 0.4) is 0 Å². The van der Waals surface area contributed by atoms with Crippen molar-refractivity contribution in [3.63, 3.8) is 0 Å². The lowest BCUT2D eigenvalue weighted by Gasteiger charge is -2.05. The van der Waals surface area contributed by atoms with Crippen LogP contribution in [-0.4, -0.2) is 40.7 Å². The van der Waals surface area contributed by atoms with E-state index >= 15 is 0 Å². The van der Waals surface area contributed by atoms with Gasteiger partial charge in [-0.1, -0.05) is 30.3 Å². The van der Waals surface area contributed by atoms with Gasteiger partial charge in [-0.25, -0.2) is 9.79 Å². The number of fused-ring (bicyclic) bond motifs is 1. The number of benzene rings is 1. The molecule has 0 amide bonds. The Labute approximate surface area is 163 Å². The van der Waals surface area contributed by atoms with Crippen molar-refractivity contribution in [2.75, 3.05) is 0 Å². The predicted octanol–water partition coefficient (Wildman–Crippen LogP) is 0.0361. The van der Waals surface area contributed by atoms with Crippen LogP contribution in [0.2, 0.25) is 0 Å². The smallest absolute Gasteiger partial charge is 0.326 e. The maximum absolute atomic E-state index is 11.4. The fourth-order valence-electron chi connectivity index (χ4n) is 2.85. The highest BCUT2D eigenvalue weighted by molar-refractivity contribution is 5.56. The van der Waals surface area contributed by atoms with E-state index in [4.69, 9.17) is 4.74 Å². The van der Waals surface area contributed by atoms with E-state index in [1.54, 1.807) is 12.3 Å². The molecule has 0 spiro atoms. The molecule has 1 fully saturated rings. The Morgan fingerprint density at radius 3 is 2.79 bits per heavy atom. The second-order valence-corrected chi connectivity index (χ2v) is 6.76. The lowest BCUT2D eigenvalue weighted by molar-refractivity contribution is 0.278. The largest absolute Gasteiger partial charge is 0.493 e. The van der Waals surface area contributed by atoms with Crippen molar-refractivity contribution in [2.45, 2.75) is 25.5 Å². The van der Waals surface area contributed by atoms with Crippen LogP contribution < -0.4 is 21.3 Å². The van der Waals surface area contributed by atoms with Gasteiger partial charge in [0.05, 0.1) is 12.2 Å². The first-order valence-electron chi connectivity index (χ1n) is 9.15. The quantitative estimate of drug-likeness (QED) is 0.440. The number of aromatic hydroxyl groups is 1. The third-order valence-electron chi connectivity index (χ3n) is 4.45. The van der Waals surface area contributed by atoms with Gasteiger partial charge in [-0.15, -0.1) is 0 Å². The Hall–Kier alpha value is -3.95. The van der Waals surface area contributed by atoms with Crippen LogP contribution in [0.1, 0.15) is 24.1 Å². The molecule has 1 saturated carbocycles. The summed E-state index contributed by atoms with van der Waals surface area (Å²) in [5.41, 5.74) is 1.59. The zero-order valence-electron chi connectivity index (χ0n) is 15.2. The Bertz CT molecular complexity index is 1350. The maximum atomic E-state index is 11.4. The molecule has 3 aromatic heterocycles. The number of hydrogen-bond donors (Lipinski definition) is 3. The van der Waals surface area contributed by atoms with E-state index in [0.29, 0.717) is 23.1 Å². The first-order valence-corrected chi connectivity index (χ1v) is 9.15. The molecule has 10 heteroatoms. The fourth-order valence-corrected chi connectivity index (χ4v) is 2.85. The van der Waals surface area contributed by atoms with E-state index in [1.807, 2.05) is 30.3 Å². The molecular formula is C19H17N7O3. The summed E-state index contributed by atoms with van der Waals surface area (Å²) >= 11 is 0. The van der Waals surface area contributed by atoms with Crippen LogP contribution in [0.5, 0.6) is 11.9 Å². The van der Waals surface area contributed by atoms with Gasteiger partial charge in [-0.05, 0) is 24.5 Å². The number of imidazole rings is 1. The van der Waals surface area contributed by atoms with Crippen molar-refractivity contribution in [1.29, 1.82) is 0 Å². The highest BCUT2D eigenvalue weighted by atomic mass is 16.5. The van der Waals surface area contributed by atoms with Gasteiger partial charge in [-0.2, -0.15) is 19.6 Å². The summed E-state index contributed by atoms with van der Waals surface area (Å²) in [5, 5.41) is 14.7. The Morgan fingerprint density at radius 1 is 1.24 bits per heavy atom. The van der Waals surface area contributed by atoms with E-state index in [9.17, 15) is 9.90 Å². The monoisotopic (exact) mass is 391 g/mol. The van der Waals surface area contributed by atoms with Crippen LogP contribution in [-0.2, 0) is 6.61 Å². The van der Waals surface area contributed by atoms with Crippen molar-refractivity contribution in [3.8, 4) is 11.9 Å². The van der Waals surface area contributed by atoms with Gasteiger partial charge in [0.15, 0.2) is 5.65 Å². The number of aromatic nitrogens is 6. The summed E-state index contributed by atoms with van der Waals surface area (Å²) in [7, 11) is 0. The number of nitrogens with one attached hydrogen (secondary N) is 2. The van der Waals surface area contributed by atoms with E-state index in [2.05, 4.69) is 30.0 Å². The third-order valence-corrected chi connectivity index (χ3v) is 4.45. The Morgan fingerprint density at radius 2 is 2.07 bits per heavy atom. The van der Waals surface area contributed by atoms with Gasteiger partial charge in [0.25, 0.3) is 5.62 Å². The fraction of sp³-hybridized carbons (Fsp3) is 0.211. The summed E-state index contributed by atoms with van der Waals surface area (Å²) in [4.78, 5) is 29.6. The number of H-pyrrole nitrogens is 2. The van der Waals surface area contributed by atoms with E-state index in [1.165, 1.54) is 4.52 Å². The molecule has 0 saturated heterocycles. The predicted molar refractivity (Wildman–Crippen MR) is 102 cm³/mol. The molecule has 1 aliphatic rings. The van der Waals surface area contributed by atoms with Crippen LogP contribution in [0.4, 0.5) is 0 Å². The summed E-state index contributed by atoms with van der Waals surface area (Å²) in [5.74, 6) is -0.258. The first-order chi connectivity index (χ1) is 14.2. The van der Waals surface area contributed by atoms with Gasteiger partial charge in [0, 0.05) is 5.22 Å². The number of nitrogens with zero attached hydrogens (tertiary/aromatic N) is 5. The summed E-state index contributed by atoms with van der Waals surface area (Å²) in [6.07, 6.45) is 5.18. The highest BCUT2D eigenvalue weighted by Gasteiger charge is 2.21. The molecule has 1 aliphatic carbocycles. The lowest BCUT2D eigenvalue weighted by atomic mass is 10.2.